The van der Waals surface area contributed by atoms with E-state index in [-0.39, 0.29) is 6.04 Å². The predicted octanol–water partition coefficient (Wildman–Crippen LogP) is 2.36. The topological polar surface area (TPSA) is 20.3 Å². The molecule has 0 N–H and O–H groups in total. The molecule has 0 heterocycles. The average molecular weight is 211 g/mol. The number of aryl methyl sites for hydroxylation is 1. The number of rotatable bonds is 3. The maximum absolute atomic E-state index is 11.9. The molecule has 0 spiro atoms. The van der Waals surface area contributed by atoms with Crippen LogP contribution in [0.5, 0.6) is 0 Å². The van der Waals surface area contributed by atoms with Gasteiger partial charge >= 0.3 is 0 Å². The highest BCUT2D eigenvalue weighted by Crippen LogP contribution is 2.12. The standard InChI is InChI=1S/C11H17NOS/c1-9(2)12(4)14(13)11-7-5-10(3)6-8-11/h5-9H,1-4H3. The molecule has 0 saturated carbocycles. The SMILES string of the molecule is Cc1ccc(S(=O)N(C)C(C)C)cc1. The van der Waals surface area contributed by atoms with E-state index < -0.39 is 11.0 Å². The third-order valence-electron chi connectivity index (χ3n) is 2.21. The fourth-order valence-electron chi connectivity index (χ4n) is 1.01. The maximum Gasteiger partial charge on any atom is 0.127 e. The van der Waals surface area contributed by atoms with Crippen LogP contribution in [0.4, 0.5) is 0 Å². The lowest BCUT2D eigenvalue weighted by Crippen LogP contribution is -2.28. The Balaban J connectivity index is 2.84. The van der Waals surface area contributed by atoms with Crippen LogP contribution in [0.1, 0.15) is 19.4 Å². The molecule has 1 aromatic carbocycles. The summed E-state index contributed by atoms with van der Waals surface area (Å²) in [5.74, 6) is 0. The van der Waals surface area contributed by atoms with Crippen molar-refractivity contribution in [1.82, 2.24) is 4.31 Å². The predicted molar refractivity (Wildman–Crippen MR) is 60.5 cm³/mol. The van der Waals surface area contributed by atoms with Gasteiger partial charge in [0.25, 0.3) is 0 Å². The number of benzene rings is 1. The number of hydrogen-bond acceptors (Lipinski definition) is 1. The van der Waals surface area contributed by atoms with Crippen molar-refractivity contribution in [2.45, 2.75) is 31.7 Å². The highest BCUT2D eigenvalue weighted by atomic mass is 32.2. The van der Waals surface area contributed by atoms with Crippen molar-refractivity contribution in [1.29, 1.82) is 0 Å². The van der Waals surface area contributed by atoms with Crippen molar-refractivity contribution < 1.29 is 4.21 Å². The van der Waals surface area contributed by atoms with E-state index in [2.05, 4.69) is 0 Å². The molecule has 1 atom stereocenters. The fraction of sp³-hybridized carbons (Fsp3) is 0.455. The molecule has 0 amide bonds. The molecule has 2 nitrogen and oxygen atoms in total. The van der Waals surface area contributed by atoms with Gasteiger partial charge in [-0.25, -0.2) is 8.51 Å². The zero-order valence-corrected chi connectivity index (χ0v) is 9.97. The first kappa shape index (κ1) is 11.4. The molecule has 78 valence electrons. The van der Waals surface area contributed by atoms with E-state index in [0.29, 0.717) is 0 Å². The van der Waals surface area contributed by atoms with Gasteiger partial charge in [-0.05, 0) is 32.9 Å². The van der Waals surface area contributed by atoms with Gasteiger partial charge < -0.3 is 0 Å². The molecule has 1 aromatic rings. The summed E-state index contributed by atoms with van der Waals surface area (Å²) in [5, 5.41) is 0. The lowest BCUT2D eigenvalue weighted by Gasteiger charge is -2.19. The molecule has 3 heteroatoms. The first-order valence-electron chi connectivity index (χ1n) is 4.73. The van der Waals surface area contributed by atoms with Crippen LogP contribution in [0, 0.1) is 6.92 Å². The molecule has 0 aromatic heterocycles. The molecule has 0 saturated heterocycles. The van der Waals surface area contributed by atoms with Crippen LogP contribution >= 0.6 is 0 Å². The van der Waals surface area contributed by atoms with E-state index in [1.807, 2.05) is 56.4 Å². The van der Waals surface area contributed by atoms with Crippen molar-refractivity contribution in [2.24, 2.45) is 0 Å². The summed E-state index contributed by atoms with van der Waals surface area (Å²) >= 11 is 0. The van der Waals surface area contributed by atoms with Crippen LogP contribution in [0.2, 0.25) is 0 Å². The minimum absolute atomic E-state index is 0.289. The molecule has 0 aliphatic rings. The molecule has 0 radical (unpaired) electrons. The maximum atomic E-state index is 11.9. The molecule has 14 heavy (non-hydrogen) atoms. The zero-order valence-electron chi connectivity index (χ0n) is 9.15. The van der Waals surface area contributed by atoms with Crippen LogP contribution in [-0.4, -0.2) is 21.6 Å². The summed E-state index contributed by atoms with van der Waals surface area (Å²) in [6.07, 6.45) is 0. The van der Waals surface area contributed by atoms with Crippen molar-refractivity contribution in [3.63, 3.8) is 0 Å². The van der Waals surface area contributed by atoms with E-state index in [1.54, 1.807) is 0 Å². The Kier molecular flexibility index (Phi) is 3.84. The highest BCUT2D eigenvalue weighted by molar-refractivity contribution is 7.82. The van der Waals surface area contributed by atoms with E-state index in [4.69, 9.17) is 0 Å². The molecule has 0 fully saturated rings. The lowest BCUT2D eigenvalue weighted by molar-refractivity contribution is 0.443. The second-order valence-corrected chi connectivity index (χ2v) is 5.25. The fourth-order valence-corrected chi connectivity index (χ4v) is 2.10. The van der Waals surface area contributed by atoms with Gasteiger partial charge in [-0.1, -0.05) is 17.7 Å². The first-order valence-corrected chi connectivity index (χ1v) is 5.84. The van der Waals surface area contributed by atoms with Crippen LogP contribution in [0.15, 0.2) is 29.2 Å². The minimum atomic E-state index is -1.03. The Bertz CT molecular complexity index is 319. The van der Waals surface area contributed by atoms with Crippen molar-refractivity contribution in [3.8, 4) is 0 Å². The third-order valence-corrected chi connectivity index (χ3v) is 3.83. The van der Waals surface area contributed by atoms with E-state index in [1.165, 1.54) is 5.56 Å². The van der Waals surface area contributed by atoms with Crippen LogP contribution in [0.3, 0.4) is 0 Å². The van der Waals surface area contributed by atoms with Crippen molar-refractivity contribution in [3.05, 3.63) is 29.8 Å². The lowest BCUT2D eigenvalue weighted by atomic mass is 10.2. The van der Waals surface area contributed by atoms with Crippen LogP contribution < -0.4 is 0 Å². The highest BCUT2D eigenvalue weighted by Gasteiger charge is 2.12. The van der Waals surface area contributed by atoms with E-state index >= 15 is 0 Å². The Hall–Kier alpha value is -0.670. The molecule has 0 aliphatic carbocycles. The Morgan fingerprint density at radius 2 is 1.71 bits per heavy atom. The zero-order chi connectivity index (χ0) is 10.7. The summed E-state index contributed by atoms with van der Waals surface area (Å²) in [7, 11) is 0.842. The van der Waals surface area contributed by atoms with Gasteiger partial charge in [0.05, 0.1) is 4.90 Å². The molecule has 0 aliphatic heterocycles. The summed E-state index contributed by atoms with van der Waals surface area (Å²) < 4.78 is 13.8. The van der Waals surface area contributed by atoms with Gasteiger partial charge in [-0.3, -0.25) is 0 Å². The normalized spacial score (nSPS) is 13.6. The van der Waals surface area contributed by atoms with Gasteiger partial charge in [-0.2, -0.15) is 0 Å². The smallest absolute Gasteiger partial charge is 0.127 e. The van der Waals surface area contributed by atoms with Gasteiger partial charge in [0.2, 0.25) is 0 Å². The summed E-state index contributed by atoms with van der Waals surface area (Å²) in [6.45, 7) is 6.09. The molecule has 1 unspecified atom stereocenters. The summed E-state index contributed by atoms with van der Waals surface area (Å²) in [5.41, 5.74) is 1.19. The quantitative estimate of drug-likeness (QED) is 0.751. The van der Waals surface area contributed by atoms with Gasteiger partial charge in [-0.15, -0.1) is 0 Å². The van der Waals surface area contributed by atoms with Gasteiger partial charge in [0.1, 0.15) is 11.0 Å². The minimum Gasteiger partial charge on any atom is -0.237 e. The summed E-state index contributed by atoms with van der Waals surface area (Å²) in [4.78, 5) is 0.867. The van der Waals surface area contributed by atoms with E-state index in [9.17, 15) is 4.21 Å². The van der Waals surface area contributed by atoms with Gasteiger partial charge in [0.15, 0.2) is 0 Å². The number of hydrogen-bond donors (Lipinski definition) is 0. The second-order valence-electron chi connectivity index (χ2n) is 3.70. The monoisotopic (exact) mass is 211 g/mol. The van der Waals surface area contributed by atoms with Crippen molar-refractivity contribution >= 4 is 11.0 Å². The largest absolute Gasteiger partial charge is 0.237 e. The Labute approximate surface area is 88.5 Å². The first-order chi connectivity index (χ1) is 6.52. The van der Waals surface area contributed by atoms with Crippen molar-refractivity contribution in [2.75, 3.05) is 7.05 Å². The molecular weight excluding hydrogens is 194 g/mol. The average Bonchev–Trinajstić information content (AvgIpc) is 2.16. The van der Waals surface area contributed by atoms with Crippen LogP contribution in [0.25, 0.3) is 0 Å². The van der Waals surface area contributed by atoms with Gasteiger partial charge in [0, 0.05) is 13.1 Å². The third kappa shape index (κ3) is 2.66. The molecular formula is C11H17NOS. The molecule has 1 rings (SSSR count). The summed E-state index contributed by atoms with van der Waals surface area (Å²) in [6, 6.07) is 8.11. The Morgan fingerprint density at radius 1 is 1.21 bits per heavy atom. The Morgan fingerprint density at radius 3 is 2.14 bits per heavy atom. The van der Waals surface area contributed by atoms with E-state index in [0.717, 1.165) is 4.90 Å². The van der Waals surface area contributed by atoms with Crippen LogP contribution in [-0.2, 0) is 11.0 Å². The second kappa shape index (κ2) is 4.71. The number of nitrogens with zero attached hydrogens (tertiary/aromatic N) is 1. The molecule has 0 bridgehead atoms.